The molecule has 3 aromatic rings. The van der Waals surface area contributed by atoms with Crippen molar-refractivity contribution in [3.05, 3.63) is 30.6 Å². The quantitative estimate of drug-likeness (QED) is 0.451. The number of aromatic nitrogens is 7. The van der Waals surface area contributed by atoms with E-state index in [0.717, 1.165) is 0 Å². The Hall–Kier alpha value is -2.77. The zero-order valence-corrected chi connectivity index (χ0v) is 18.8. The number of rotatable bonds is 5. The van der Waals surface area contributed by atoms with E-state index in [2.05, 4.69) is 41.5 Å². The first-order chi connectivity index (χ1) is 16.4. The molecule has 3 N–H and O–H groups in total. The van der Waals surface area contributed by atoms with Gasteiger partial charge < -0.3 is 9.72 Å². The van der Waals surface area contributed by atoms with Crippen LogP contribution in [-0.4, -0.2) is 70.8 Å². The van der Waals surface area contributed by atoms with E-state index in [0.29, 0.717) is 23.7 Å². The van der Waals surface area contributed by atoms with Crippen LogP contribution < -0.4 is 16.2 Å². The van der Waals surface area contributed by atoms with Gasteiger partial charge in [0.05, 0.1) is 35.4 Å². The molecule has 14 heteroatoms. The highest BCUT2D eigenvalue weighted by Gasteiger charge is 2.55. The van der Waals surface area contributed by atoms with Gasteiger partial charge in [-0.1, -0.05) is 0 Å². The molecule has 2 saturated carbocycles. The topological polar surface area (TPSA) is 127 Å². The molecule has 3 aliphatic rings. The maximum Gasteiger partial charge on any atom is 0.231 e. The molecule has 0 bridgehead atoms. The Kier molecular flexibility index (Phi) is 5.22. The fraction of sp³-hybridized carbons (Fsp3) is 0.600. The summed E-state index contributed by atoms with van der Waals surface area (Å²) in [5.74, 6) is -1.57. The predicted octanol–water partition coefficient (Wildman–Crippen LogP) is 1.02. The Bertz CT molecular complexity index is 1210. The summed E-state index contributed by atoms with van der Waals surface area (Å²) in [5.41, 5.74) is 7.51. The van der Waals surface area contributed by atoms with Crippen LogP contribution in [0.3, 0.4) is 0 Å². The standard InChI is InChI=1S/C20H23ClF2N10O/c1-8(33-27-7-26-31-33)15-18(23)17(21)16(10-3-25-30-19(10)15)12-5-32-6-13(28-14(32)4-24-12)29-20(34)9-2-11(9)22/h4-11,15-19,25,30H,2-3H2,1H3,(H,29,34)/t8?,9-,10?,11+,15?,16?,17?,18?,19?/m1/s1. The van der Waals surface area contributed by atoms with Crippen molar-refractivity contribution in [1.82, 2.24) is 45.4 Å². The summed E-state index contributed by atoms with van der Waals surface area (Å²) in [6.45, 7) is 2.45. The van der Waals surface area contributed by atoms with Crippen LogP contribution in [0.25, 0.3) is 5.65 Å². The van der Waals surface area contributed by atoms with Crippen LogP contribution in [0.5, 0.6) is 0 Å². The van der Waals surface area contributed by atoms with Gasteiger partial charge in [-0.3, -0.25) is 20.6 Å². The summed E-state index contributed by atoms with van der Waals surface area (Å²) >= 11 is 6.76. The first kappa shape index (κ1) is 21.7. The molecule has 0 spiro atoms. The van der Waals surface area contributed by atoms with Crippen molar-refractivity contribution in [1.29, 1.82) is 0 Å². The molecule has 11 nitrogen and oxygen atoms in total. The molecule has 1 aliphatic heterocycles. The lowest BCUT2D eigenvalue weighted by atomic mass is 9.67. The van der Waals surface area contributed by atoms with Gasteiger partial charge in [0, 0.05) is 30.6 Å². The Morgan fingerprint density at radius 1 is 1.35 bits per heavy atom. The second kappa shape index (κ2) is 8.17. The van der Waals surface area contributed by atoms with Crippen LogP contribution in [0.1, 0.15) is 31.0 Å². The second-order valence-electron chi connectivity index (χ2n) is 9.25. The van der Waals surface area contributed by atoms with Crippen molar-refractivity contribution in [3.8, 4) is 0 Å². The highest BCUT2D eigenvalue weighted by atomic mass is 35.5. The molecular formula is C20H23ClF2N10O. The molecule has 1 amide bonds. The summed E-state index contributed by atoms with van der Waals surface area (Å²) < 4.78 is 30.7. The first-order valence-electron chi connectivity index (χ1n) is 11.2. The number of nitrogens with zero attached hydrogens (tertiary/aromatic N) is 7. The minimum Gasteiger partial charge on any atom is -0.309 e. The largest absolute Gasteiger partial charge is 0.309 e. The number of imidazole rings is 1. The van der Waals surface area contributed by atoms with Gasteiger partial charge >= 0.3 is 0 Å². The third kappa shape index (κ3) is 3.53. The summed E-state index contributed by atoms with van der Waals surface area (Å²) in [7, 11) is 0. The lowest BCUT2D eigenvalue weighted by Crippen LogP contribution is -2.55. The van der Waals surface area contributed by atoms with Gasteiger partial charge in [-0.2, -0.15) is 4.80 Å². The van der Waals surface area contributed by atoms with Crippen LogP contribution in [0.15, 0.2) is 24.9 Å². The van der Waals surface area contributed by atoms with Gasteiger partial charge in [0.15, 0.2) is 17.8 Å². The minimum absolute atomic E-state index is 0.0329. The van der Waals surface area contributed by atoms with E-state index in [1.165, 1.54) is 11.1 Å². The molecule has 3 aromatic heterocycles. The number of hydrazine groups is 1. The van der Waals surface area contributed by atoms with Crippen molar-refractivity contribution < 1.29 is 13.6 Å². The minimum atomic E-state index is -1.36. The van der Waals surface area contributed by atoms with Gasteiger partial charge in [0.1, 0.15) is 12.3 Å². The van der Waals surface area contributed by atoms with Gasteiger partial charge in [-0.05, 0) is 24.5 Å². The van der Waals surface area contributed by atoms with Gasteiger partial charge in [-0.25, -0.2) is 13.8 Å². The highest BCUT2D eigenvalue weighted by Crippen LogP contribution is 2.48. The van der Waals surface area contributed by atoms with Crippen LogP contribution in [0.2, 0.25) is 0 Å². The van der Waals surface area contributed by atoms with Crippen molar-refractivity contribution in [2.45, 2.75) is 49.1 Å². The molecule has 1 saturated heterocycles. The molecule has 0 radical (unpaired) electrons. The molecule has 9 atom stereocenters. The molecule has 7 unspecified atom stereocenters. The average molecular weight is 493 g/mol. The molecule has 2 aliphatic carbocycles. The lowest BCUT2D eigenvalue weighted by molar-refractivity contribution is -0.117. The zero-order chi connectivity index (χ0) is 23.6. The summed E-state index contributed by atoms with van der Waals surface area (Å²) in [4.78, 5) is 22.3. The van der Waals surface area contributed by atoms with E-state index in [-0.39, 0.29) is 36.2 Å². The third-order valence-corrected chi connectivity index (χ3v) is 7.76. The Balaban J connectivity index is 1.28. The average Bonchev–Trinajstić information content (AvgIpc) is 3.26. The number of amides is 1. The van der Waals surface area contributed by atoms with E-state index in [9.17, 15) is 9.18 Å². The van der Waals surface area contributed by atoms with Gasteiger partial charge in [0.2, 0.25) is 5.91 Å². The van der Waals surface area contributed by atoms with Gasteiger partial charge in [-0.15, -0.1) is 21.8 Å². The SMILES string of the molecule is CC(C1C(F)C(Cl)C(c2cn3cc(NC(=O)[C@@H]4C[C@@H]4F)nc3cn2)C2CNNC21)n1ncnn1. The van der Waals surface area contributed by atoms with Crippen molar-refractivity contribution in [2.24, 2.45) is 17.8 Å². The zero-order valence-electron chi connectivity index (χ0n) is 18.1. The Labute approximate surface area is 197 Å². The number of alkyl halides is 3. The number of carbonyl (C=O) groups is 1. The van der Waals surface area contributed by atoms with Crippen molar-refractivity contribution in [3.63, 3.8) is 0 Å². The molecule has 34 heavy (non-hydrogen) atoms. The molecule has 4 heterocycles. The Morgan fingerprint density at radius 3 is 2.91 bits per heavy atom. The van der Waals surface area contributed by atoms with E-state index < -0.39 is 29.6 Å². The number of hydrogen-bond acceptors (Lipinski definition) is 8. The van der Waals surface area contributed by atoms with Gasteiger partial charge in [0.25, 0.3) is 0 Å². The molecule has 3 fully saturated rings. The number of hydrogen-bond donors (Lipinski definition) is 3. The smallest absolute Gasteiger partial charge is 0.231 e. The Morgan fingerprint density at radius 2 is 2.18 bits per heavy atom. The normalized spacial score (nSPS) is 35.8. The second-order valence-corrected chi connectivity index (χ2v) is 9.76. The number of nitrogens with one attached hydrogen (secondary N) is 3. The number of halogens is 3. The van der Waals surface area contributed by atoms with E-state index in [1.807, 2.05) is 6.92 Å². The number of tetrazole rings is 1. The number of carbonyl (C=O) groups excluding carboxylic acids is 1. The van der Waals surface area contributed by atoms with Crippen molar-refractivity contribution >= 4 is 29.0 Å². The monoisotopic (exact) mass is 492 g/mol. The van der Waals surface area contributed by atoms with Crippen LogP contribution >= 0.6 is 11.6 Å². The fourth-order valence-corrected chi connectivity index (χ4v) is 5.85. The fourth-order valence-electron chi connectivity index (χ4n) is 5.37. The van der Waals surface area contributed by atoms with Crippen LogP contribution in [0.4, 0.5) is 14.6 Å². The first-order valence-corrected chi connectivity index (χ1v) is 11.6. The highest BCUT2D eigenvalue weighted by molar-refractivity contribution is 6.21. The van der Waals surface area contributed by atoms with E-state index in [1.54, 1.807) is 23.0 Å². The third-order valence-electron chi connectivity index (χ3n) is 7.25. The lowest BCUT2D eigenvalue weighted by Gasteiger charge is -2.45. The maximum absolute atomic E-state index is 15.8. The van der Waals surface area contributed by atoms with Crippen LogP contribution in [0, 0.1) is 17.8 Å². The van der Waals surface area contributed by atoms with Crippen molar-refractivity contribution in [2.75, 3.05) is 11.9 Å². The summed E-state index contributed by atoms with van der Waals surface area (Å²) in [5, 5.41) is 13.6. The summed E-state index contributed by atoms with van der Waals surface area (Å²) in [6.07, 6.45) is 4.09. The molecular weight excluding hydrogens is 470 g/mol. The molecule has 6 rings (SSSR count). The van der Waals surface area contributed by atoms with Crippen LogP contribution in [-0.2, 0) is 4.79 Å². The predicted molar refractivity (Wildman–Crippen MR) is 116 cm³/mol. The van der Waals surface area contributed by atoms with E-state index >= 15 is 4.39 Å². The molecule has 0 aromatic carbocycles. The summed E-state index contributed by atoms with van der Waals surface area (Å²) in [6, 6.07) is -0.580. The van der Waals surface area contributed by atoms with E-state index in [4.69, 9.17) is 11.6 Å². The maximum atomic E-state index is 15.8. The number of fused-ring (bicyclic) bond motifs is 2. The molecule has 180 valence electrons. The number of anilines is 1.